The van der Waals surface area contributed by atoms with Gasteiger partial charge in [-0.3, -0.25) is 4.79 Å². The van der Waals surface area contributed by atoms with E-state index in [2.05, 4.69) is 24.5 Å². The number of rotatable bonds is 3. The van der Waals surface area contributed by atoms with Crippen molar-refractivity contribution in [2.75, 3.05) is 13.1 Å². The summed E-state index contributed by atoms with van der Waals surface area (Å²) in [7, 11) is 0. The van der Waals surface area contributed by atoms with Gasteiger partial charge in [0.25, 0.3) is 0 Å². The number of hydrogen-bond donors (Lipinski definition) is 2. The van der Waals surface area contributed by atoms with E-state index in [4.69, 9.17) is 0 Å². The highest BCUT2D eigenvalue weighted by molar-refractivity contribution is 5.85. The first-order valence-electron chi connectivity index (χ1n) is 7.19. The summed E-state index contributed by atoms with van der Waals surface area (Å²) >= 11 is 0. The lowest BCUT2D eigenvalue weighted by Crippen LogP contribution is -2.52. The number of hydrogen-bond acceptors (Lipinski definition) is 2. The average molecular weight is 275 g/mol. The van der Waals surface area contributed by atoms with Crippen molar-refractivity contribution in [3.8, 4) is 0 Å². The quantitative estimate of drug-likeness (QED) is 0.830. The summed E-state index contributed by atoms with van der Waals surface area (Å²) in [5.74, 6) is 0.888. The maximum Gasteiger partial charge on any atom is 0.226 e. The second kappa shape index (κ2) is 6.76. The maximum atomic E-state index is 12.5. The average Bonchev–Trinajstić information content (AvgIpc) is 2.82. The number of nitrogens with one attached hydrogen (secondary N) is 2. The van der Waals surface area contributed by atoms with Gasteiger partial charge in [-0.25, -0.2) is 0 Å². The van der Waals surface area contributed by atoms with E-state index in [1.807, 2.05) is 0 Å². The van der Waals surface area contributed by atoms with E-state index in [9.17, 15) is 4.79 Å². The molecule has 0 spiro atoms. The standard InChI is InChI=1S/C14H26N2O.ClH/c1-3-14(7-4-5-8-14)13(17)16-12-6-9-15-10-11(12)2;/h11-12,15H,3-10H2,1-2H3,(H,16,17);1H. The van der Waals surface area contributed by atoms with Gasteiger partial charge >= 0.3 is 0 Å². The molecule has 0 aromatic heterocycles. The molecule has 2 unspecified atom stereocenters. The van der Waals surface area contributed by atoms with Crippen LogP contribution in [0, 0.1) is 11.3 Å². The Morgan fingerprint density at radius 3 is 2.61 bits per heavy atom. The minimum atomic E-state index is -0.0371. The molecule has 2 aliphatic rings. The van der Waals surface area contributed by atoms with Gasteiger partial charge in [-0.2, -0.15) is 0 Å². The fourth-order valence-corrected chi connectivity index (χ4v) is 3.34. The van der Waals surface area contributed by atoms with E-state index in [0.29, 0.717) is 17.9 Å². The molecule has 0 aromatic rings. The van der Waals surface area contributed by atoms with Gasteiger partial charge in [0.15, 0.2) is 0 Å². The molecule has 1 saturated heterocycles. The van der Waals surface area contributed by atoms with Crippen molar-refractivity contribution in [3.05, 3.63) is 0 Å². The summed E-state index contributed by atoms with van der Waals surface area (Å²) in [6.45, 7) is 6.46. The third kappa shape index (κ3) is 3.18. The van der Waals surface area contributed by atoms with E-state index in [1.54, 1.807) is 0 Å². The van der Waals surface area contributed by atoms with Gasteiger partial charge in [-0.05, 0) is 44.7 Å². The third-order valence-electron chi connectivity index (χ3n) is 4.82. The van der Waals surface area contributed by atoms with Crippen molar-refractivity contribution < 1.29 is 4.79 Å². The second-order valence-corrected chi connectivity index (χ2v) is 5.89. The lowest BCUT2D eigenvalue weighted by Gasteiger charge is -2.34. The molecular formula is C14H27ClN2O. The fourth-order valence-electron chi connectivity index (χ4n) is 3.34. The highest BCUT2D eigenvalue weighted by atomic mass is 35.5. The van der Waals surface area contributed by atoms with Gasteiger partial charge in [0, 0.05) is 11.5 Å². The van der Waals surface area contributed by atoms with Crippen LogP contribution in [-0.4, -0.2) is 25.0 Å². The Bertz CT molecular complexity index is 277. The second-order valence-electron chi connectivity index (χ2n) is 5.89. The molecule has 1 amide bonds. The summed E-state index contributed by atoms with van der Waals surface area (Å²) in [5.41, 5.74) is -0.0371. The van der Waals surface area contributed by atoms with Crippen LogP contribution in [0.25, 0.3) is 0 Å². The number of carbonyl (C=O) groups excluding carboxylic acids is 1. The minimum absolute atomic E-state index is 0. The van der Waals surface area contributed by atoms with Crippen LogP contribution in [0.1, 0.15) is 52.4 Å². The number of amides is 1. The van der Waals surface area contributed by atoms with E-state index in [0.717, 1.165) is 38.8 Å². The van der Waals surface area contributed by atoms with Gasteiger partial charge in [0.1, 0.15) is 0 Å². The molecule has 2 atom stereocenters. The molecule has 0 aromatic carbocycles. The molecule has 1 aliphatic heterocycles. The largest absolute Gasteiger partial charge is 0.353 e. The van der Waals surface area contributed by atoms with Crippen LogP contribution in [0.5, 0.6) is 0 Å². The lowest BCUT2D eigenvalue weighted by atomic mass is 9.81. The van der Waals surface area contributed by atoms with Crippen LogP contribution in [0.4, 0.5) is 0 Å². The third-order valence-corrected chi connectivity index (χ3v) is 4.82. The first kappa shape index (κ1) is 15.8. The molecule has 0 bridgehead atoms. The number of carbonyl (C=O) groups is 1. The van der Waals surface area contributed by atoms with Crippen LogP contribution in [0.2, 0.25) is 0 Å². The summed E-state index contributed by atoms with van der Waals surface area (Å²) in [6.07, 6.45) is 6.71. The van der Waals surface area contributed by atoms with Crippen molar-refractivity contribution in [3.63, 3.8) is 0 Å². The molecule has 2 rings (SSSR count). The van der Waals surface area contributed by atoms with Gasteiger partial charge in [0.05, 0.1) is 0 Å². The van der Waals surface area contributed by atoms with Gasteiger partial charge < -0.3 is 10.6 Å². The zero-order valence-electron chi connectivity index (χ0n) is 11.6. The zero-order chi connectivity index (χ0) is 12.3. The number of piperidine rings is 1. The Morgan fingerprint density at radius 2 is 2.06 bits per heavy atom. The Labute approximate surface area is 117 Å². The predicted octanol–water partition coefficient (Wildman–Crippen LogP) is 2.49. The van der Waals surface area contributed by atoms with Gasteiger partial charge in [0.2, 0.25) is 5.91 Å². The van der Waals surface area contributed by atoms with Crippen molar-refractivity contribution in [1.29, 1.82) is 0 Å². The van der Waals surface area contributed by atoms with Gasteiger partial charge in [-0.15, -0.1) is 12.4 Å². The molecule has 1 heterocycles. The van der Waals surface area contributed by atoms with Crippen molar-refractivity contribution in [1.82, 2.24) is 10.6 Å². The smallest absolute Gasteiger partial charge is 0.226 e. The summed E-state index contributed by atoms with van der Waals surface area (Å²) in [6, 6.07) is 0.382. The van der Waals surface area contributed by atoms with Crippen LogP contribution >= 0.6 is 12.4 Å². The Hall–Kier alpha value is -0.280. The Morgan fingerprint density at radius 1 is 1.39 bits per heavy atom. The maximum absolute atomic E-state index is 12.5. The van der Waals surface area contributed by atoms with E-state index in [1.165, 1.54) is 12.8 Å². The molecule has 4 heteroatoms. The monoisotopic (exact) mass is 274 g/mol. The first-order valence-corrected chi connectivity index (χ1v) is 7.19. The number of halogens is 1. The van der Waals surface area contributed by atoms with Crippen LogP contribution in [0.3, 0.4) is 0 Å². The lowest BCUT2D eigenvalue weighted by molar-refractivity contribution is -0.132. The van der Waals surface area contributed by atoms with Gasteiger partial charge in [-0.1, -0.05) is 26.7 Å². The molecule has 3 nitrogen and oxygen atoms in total. The van der Waals surface area contributed by atoms with E-state index in [-0.39, 0.29) is 17.8 Å². The molecule has 0 radical (unpaired) electrons. The van der Waals surface area contributed by atoms with Crippen LogP contribution in [0.15, 0.2) is 0 Å². The molecule has 1 saturated carbocycles. The normalized spacial score (nSPS) is 30.6. The summed E-state index contributed by atoms with van der Waals surface area (Å²) in [4.78, 5) is 12.5. The molecule has 1 aliphatic carbocycles. The highest BCUT2D eigenvalue weighted by Gasteiger charge is 2.40. The topological polar surface area (TPSA) is 41.1 Å². The van der Waals surface area contributed by atoms with E-state index < -0.39 is 0 Å². The van der Waals surface area contributed by atoms with Crippen LogP contribution in [-0.2, 0) is 4.79 Å². The molecular weight excluding hydrogens is 248 g/mol. The SMILES string of the molecule is CCC1(C(=O)NC2CCNCC2C)CCCC1.Cl. The minimum Gasteiger partial charge on any atom is -0.353 e. The fraction of sp³-hybridized carbons (Fsp3) is 0.929. The predicted molar refractivity (Wildman–Crippen MR) is 77.0 cm³/mol. The zero-order valence-corrected chi connectivity index (χ0v) is 12.4. The molecule has 2 fully saturated rings. The first-order chi connectivity index (χ1) is 8.18. The molecule has 18 heavy (non-hydrogen) atoms. The van der Waals surface area contributed by atoms with E-state index >= 15 is 0 Å². The molecule has 2 N–H and O–H groups in total. The summed E-state index contributed by atoms with van der Waals surface area (Å²) < 4.78 is 0. The van der Waals surface area contributed by atoms with Crippen molar-refractivity contribution >= 4 is 18.3 Å². The van der Waals surface area contributed by atoms with Crippen molar-refractivity contribution in [2.24, 2.45) is 11.3 Å². The highest BCUT2D eigenvalue weighted by Crippen LogP contribution is 2.41. The Balaban J connectivity index is 0.00000162. The van der Waals surface area contributed by atoms with Crippen molar-refractivity contribution in [2.45, 2.75) is 58.4 Å². The Kier molecular flexibility index (Phi) is 5.93. The summed E-state index contributed by atoms with van der Waals surface area (Å²) in [5, 5.41) is 6.70. The van der Waals surface area contributed by atoms with Crippen LogP contribution < -0.4 is 10.6 Å². The molecule has 106 valence electrons.